The van der Waals surface area contributed by atoms with Gasteiger partial charge >= 0.3 is 0 Å². The van der Waals surface area contributed by atoms with Gasteiger partial charge in [-0.25, -0.2) is 4.68 Å². The first-order valence-electron chi connectivity index (χ1n) is 6.44. The zero-order chi connectivity index (χ0) is 13.4. The van der Waals surface area contributed by atoms with E-state index in [4.69, 9.17) is 0 Å². The highest BCUT2D eigenvalue weighted by atomic mass is 15.3. The fraction of sp³-hybridized carbons (Fsp3) is 0. The fourth-order valence-corrected chi connectivity index (χ4v) is 2.44. The third-order valence-electron chi connectivity index (χ3n) is 3.43. The van der Waals surface area contributed by atoms with Gasteiger partial charge in [-0.05, 0) is 35.4 Å². The molecule has 4 heteroatoms. The lowest BCUT2D eigenvalue weighted by molar-refractivity contribution is 0.881. The Kier molecular flexibility index (Phi) is 2.39. The Balaban J connectivity index is 1.81. The normalized spacial score (nSPS) is 11.0. The quantitative estimate of drug-likeness (QED) is 0.600. The summed E-state index contributed by atoms with van der Waals surface area (Å²) < 4.78 is 1.85. The number of rotatable bonds is 2. The van der Waals surface area contributed by atoms with E-state index in [1.54, 1.807) is 6.20 Å². The Bertz CT molecular complexity index is 842. The van der Waals surface area contributed by atoms with Crippen LogP contribution in [0.1, 0.15) is 0 Å². The number of benzene rings is 2. The molecule has 4 rings (SSSR count). The number of hydrogen-bond donors (Lipinski definition) is 1. The second-order valence-electron chi connectivity index (χ2n) is 4.63. The first kappa shape index (κ1) is 11.0. The van der Waals surface area contributed by atoms with E-state index in [1.807, 2.05) is 35.3 Å². The van der Waals surface area contributed by atoms with Crippen LogP contribution < -0.4 is 0 Å². The summed E-state index contributed by atoms with van der Waals surface area (Å²) in [5.41, 5.74) is 4.47. The zero-order valence-corrected chi connectivity index (χ0v) is 10.7. The van der Waals surface area contributed by atoms with Crippen LogP contribution in [0.5, 0.6) is 0 Å². The minimum absolute atomic E-state index is 1.05. The van der Waals surface area contributed by atoms with Gasteiger partial charge in [-0.3, -0.25) is 5.10 Å². The molecule has 0 atom stereocenters. The van der Waals surface area contributed by atoms with Gasteiger partial charge in [0.1, 0.15) is 0 Å². The number of nitrogens with zero attached hydrogens (tertiary/aromatic N) is 3. The Labute approximate surface area is 115 Å². The minimum Gasteiger partial charge on any atom is -0.278 e. The van der Waals surface area contributed by atoms with Gasteiger partial charge in [0, 0.05) is 17.8 Å². The van der Waals surface area contributed by atoms with E-state index in [0.29, 0.717) is 0 Å². The van der Waals surface area contributed by atoms with Gasteiger partial charge in [-0.2, -0.15) is 10.2 Å². The molecule has 4 nitrogen and oxygen atoms in total. The number of H-pyrrole nitrogens is 1. The van der Waals surface area contributed by atoms with Crippen LogP contribution in [0.15, 0.2) is 67.1 Å². The molecule has 0 aliphatic rings. The van der Waals surface area contributed by atoms with Gasteiger partial charge in [0.25, 0.3) is 0 Å². The van der Waals surface area contributed by atoms with Crippen molar-refractivity contribution in [3.63, 3.8) is 0 Å². The largest absolute Gasteiger partial charge is 0.278 e. The highest BCUT2D eigenvalue weighted by molar-refractivity contribution is 5.94. The lowest BCUT2D eigenvalue weighted by Gasteiger charge is -2.05. The molecule has 0 radical (unpaired) electrons. The fourth-order valence-electron chi connectivity index (χ4n) is 2.44. The summed E-state index contributed by atoms with van der Waals surface area (Å²) in [5, 5.41) is 12.5. The average molecular weight is 260 g/mol. The standard InChI is InChI=1S/C16H12N4/c1-3-14(15-11-17-19-16(15)4-1)12-5-7-13(8-6-12)20-10-2-9-18-20/h1-11H,(H,17,19). The SMILES string of the molecule is c1cc(-c2ccc(-n3cccn3)cc2)c2cn[nH]c2c1. The highest BCUT2D eigenvalue weighted by Gasteiger charge is 2.05. The van der Waals surface area contributed by atoms with Gasteiger partial charge in [-0.15, -0.1) is 0 Å². The van der Waals surface area contributed by atoms with E-state index in [9.17, 15) is 0 Å². The topological polar surface area (TPSA) is 46.5 Å². The van der Waals surface area contributed by atoms with E-state index in [-0.39, 0.29) is 0 Å². The van der Waals surface area contributed by atoms with Crippen molar-refractivity contribution >= 4 is 10.9 Å². The van der Waals surface area contributed by atoms with Gasteiger partial charge in [-0.1, -0.05) is 24.3 Å². The molecule has 0 saturated carbocycles. The molecular weight excluding hydrogens is 248 g/mol. The molecule has 0 unspecified atom stereocenters. The molecular formula is C16H12N4. The molecule has 1 N–H and O–H groups in total. The molecule has 0 aliphatic heterocycles. The molecule has 0 bridgehead atoms. The summed E-state index contributed by atoms with van der Waals surface area (Å²) in [5.74, 6) is 0. The maximum atomic E-state index is 4.23. The zero-order valence-electron chi connectivity index (χ0n) is 10.7. The summed E-state index contributed by atoms with van der Waals surface area (Å²) in [7, 11) is 0. The summed E-state index contributed by atoms with van der Waals surface area (Å²) in [6.45, 7) is 0. The van der Waals surface area contributed by atoms with E-state index in [0.717, 1.165) is 16.6 Å². The van der Waals surface area contributed by atoms with Crippen LogP contribution in [0, 0.1) is 0 Å². The van der Waals surface area contributed by atoms with Crippen molar-refractivity contribution in [2.24, 2.45) is 0 Å². The number of aromatic amines is 1. The van der Waals surface area contributed by atoms with Crippen molar-refractivity contribution in [3.05, 3.63) is 67.1 Å². The summed E-state index contributed by atoms with van der Waals surface area (Å²) in [6, 6.07) is 16.5. The Morgan fingerprint density at radius 2 is 1.85 bits per heavy atom. The second-order valence-corrected chi connectivity index (χ2v) is 4.63. The minimum atomic E-state index is 1.05. The van der Waals surface area contributed by atoms with E-state index in [2.05, 4.69) is 45.6 Å². The Morgan fingerprint density at radius 3 is 2.65 bits per heavy atom. The van der Waals surface area contributed by atoms with Crippen molar-refractivity contribution < 1.29 is 0 Å². The first-order chi connectivity index (χ1) is 9.92. The van der Waals surface area contributed by atoms with Gasteiger partial charge in [0.2, 0.25) is 0 Å². The molecule has 0 aliphatic carbocycles. The van der Waals surface area contributed by atoms with E-state index < -0.39 is 0 Å². The van der Waals surface area contributed by atoms with Crippen LogP contribution in [-0.2, 0) is 0 Å². The molecule has 0 spiro atoms. The lowest BCUT2D eigenvalue weighted by Crippen LogP contribution is -1.93. The van der Waals surface area contributed by atoms with Crippen molar-refractivity contribution in [2.75, 3.05) is 0 Å². The molecule has 2 aromatic heterocycles. The predicted molar refractivity (Wildman–Crippen MR) is 78.7 cm³/mol. The van der Waals surface area contributed by atoms with Gasteiger partial charge in [0.05, 0.1) is 17.4 Å². The molecule has 4 aromatic rings. The third-order valence-corrected chi connectivity index (χ3v) is 3.43. The maximum Gasteiger partial charge on any atom is 0.0656 e. The van der Waals surface area contributed by atoms with Crippen molar-refractivity contribution in [1.82, 2.24) is 20.0 Å². The van der Waals surface area contributed by atoms with Gasteiger partial charge in [0.15, 0.2) is 0 Å². The smallest absolute Gasteiger partial charge is 0.0656 e. The molecule has 96 valence electrons. The van der Waals surface area contributed by atoms with Crippen molar-refractivity contribution in [2.45, 2.75) is 0 Å². The maximum absolute atomic E-state index is 4.23. The lowest BCUT2D eigenvalue weighted by atomic mass is 10.0. The molecule has 20 heavy (non-hydrogen) atoms. The molecule has 0 fully saturated rings. The molecule has 2 aromatic carbocycles. The van der Waals surface area contributed by atoms with E-state index in [1.165, 1.54) is 11.1 Å². The Morgan fingerprint density at radius 1 is 0.950 bits per heavy atom. The van der Waals surface area contributed by atoms with Crippen LogP contribution in [-0.4, -0.2) is 20.0 Å². The monoisotopic (exact) mass is 260 g/mol. The van der Waals surface area contributed by atoms with Crippen molar-refractivity contribution in [1.29, 1.82) is 0 Å². The summed E-state index contributed by atoms with van der Waals surface area (Å²) >= 11 is 0. The number of nitrogens with one attached hydrogen (secondary N) is 1. The van der Waals surface area contributed by atoms with Crippen molar-refractivity contribution in [3.8, 4) is 16.8 Å². The number of fused-ring (bicyclic) bond motifs is 1. The summed E-state index contributed by atoms with van der Waals surface area (Å²) in [4.78, 5) is 0. The van der Waals surface area contributed by atoms with E-state index >= 15 is 0 Å². The Hall–Kier alpha value is -2.88. The number of hydrogen-bond acceptors (Lipinski definition) is 2. The average Bonchev–Trinajstić information content (AvgIpc) is 3.18. The molecule has 2 heterocycles. The summed E-state index contributed by atoms with van der Waals surface area (Å²) in [6.07, 6.45) is 5.58. The van der Waals surface area contributed by atoms with Crippen LogP contribution >= 0.6 is 0 Å². The van der Waals surface area contributed by atoms with Gasteiger partial charge < -0.3 is 0 Å². The molecule has 0 amide bonds. The molecule has 0 saturated heterocycles. The van der Waals surface area contributed by atoms with Crippen LogP contribution in [0.25, 0.3) is 27.7 Å². The number of aromatic nitrogens is 4. The highest BCUT2D eigenvalue weighted by Crippen LogP contribution is 2.27. The van der Waals surface area contributed by atoms with Crippen LogP contribution in [0.3, 0.4) is 0 Å². The van der Waals surface area contributed by atoms with Crippen LogP contribution in [0.4, 0.5) is 0 Å². The predicted octanol–water partition coefficient (Wildman–Crippen LogP) is 3.42. The first-order valence-corrected chi connectivity index (χ1v) is 6.44. The van der Waals surface area contributed by atoms with Crippen LogP contribution in [0.2, 0.25) is 0 Å². The third kappa shape index (κ3) is 1.70. The second kappa shape index (κ2) is 4.35.